The maximum Gasteiger partial charge on any atom is 0.270 e. The lowest BCUT2D eigenvalue weighted by molar-refractivity contribution is -0.384. The first-order chi connectivity index (χ1) is 17.6. The number of amides is 2. The fraction of sp³-hybridized carbons (Fsp3) is 0.333. The number of nitro groups is 1. The Morgan fingerprint density at radius 3 is 2.38 bits per heavy atom. The van der Waals surface area contributed by atoms with Crippen molar-refractivity contribution in [1.82, 2.24) is 14.4 Å². The molecule has 8 nitrogen and oxygen atoms in total. The van der Waals surface area contributed by atoms with Crippen LogP contribution in [0.2, 0.25) is 10.0 Å². The molecule has 0 N–H and O–H groups in total. The van der Waals surface area contributed by atoms with Crippen molar-refractivity contribution >= 4 is 40.7 Å². The molecular weight excluding hydrogens is 515 g/mol. The van der Waals surface area contributed by atoms with Gasteiger partial charge >= 0.3 is 0 Å². The van der Waals surface area contributed by atoms with E-state index in [0.717, 1.165) is 17.3 Å². The lowest BCUT2D eigenvalue weighted by atomic mass is 10.1. The second-order valence-corrected chi connectivity index (χ2v) is 9.94. The number of hydrogen-bond donors (Lipinski definition) is 0. The van der Waals surface area contributed by atoms with E-state index in [1.807, 2.05) is 56.4 Å². The van der Waals surface area contributed by atoms with Crippen LogP contribution in [0.25, 0.3) is 0 Å². The van der Waals surface area contributed by atoms with Crippen LogP contribution in [-0.2, 0) is 17.9 Å². The fourth-order valence-electron chi connectivity index (χ4n) is 4.00. The van der Waals surface area contributed by atoms with Gasteiger partial charge in [-0.1, -0.05) is 55.2 Å². The largest absolute Gasteiger partial charge is 0.345 e. The highest BCUT2D eigenvalue weighted by Crippen LogP contribution is 2.24. The summed E-state index contributed by atoms with van der Waals surface area (Å²) < 4.78 is 2.06. The Labute approximate surface area is 226 Å². The van der Waals surface area contributed by atoms with Gasteiger partial charge in [0.15, 0.2) is 0 Å². The third-order valence-corrected chi connectivity index (χ3v) is 6.58. The second kappa shape index (κ2) is 12.7. The number of aromatic nitrogens is 1. The third-order valence-electron chi connectivity index (χ3n) is 5.90. The molecule has 2 aromatic carbocycles. The predicted molar refractivity (Wildman–Crippen MR) is 145 cm³/mol. The molecule has 0 aliphatic carbocycles. The van der Waals surface area contributed by atoms with Crippen molar-refractivity contribution < 1.29 is 14.5 Å². The second-order valence-electron chi connectivity index (χ2n) is 9.13. The normalized spacial score (nSPS) is 11.0. The zero-order chi connectivity index (χ0) is 27.1. The Morgan fingerprint density at radius 2 is 1.76 bits per heavy atom. The zero-order valence-electron chi connectivity index (χ0n) is 21.1. The molecule has 0 radical (unpaired) electrons. The summed E-state index contributed by atoms with van der Waals surface area (Å²) in [7, 11) is 0. The number of non-ortho nitro benzene ring substituents is 1. The van der Waals surface area contributed by atoms with Crippen LogP contribution in [-0.4, -0.2) is 50.7 Å². The minimum Gasteiger partial charge on any atom is -0.345 e. The number of benzene rings is 2. The van der Waals surface area contributed by atoms with Crippen molar-refractivity contribution in [2.24, 2.45) is 5.92 Å². The van der Waals surface area contributed by atoms with Crippen LogP contribution in [0.5, 0.6) is 0 Å². The molecule has 1 heterocycles. The van der Waals surface area contributed by atoms with Gasteiger partial charge in [0.1, 0.15) is 6.54 Å². The van der Waals surface area contributed by atoms with Gasteiger partial charge in [-0.3, -0.25) is 19.7 Å². The van der Waals surface area contributed by atoms with Crippen LogP contribution < -0.4 is 0 Å². The minimum atomic E-state index is -0.577. The quantitative estimate of drug-likeness (QED) is 0.222. The van der Waals surface area contributed by atoms with Gasteiger partial charge < -0.3 is 14.4 Å². The SMILES string of the molecule is CCN(CC(=O)N(Cc1cccn1Cc1ccccc1Cl)CC(C)C)C(=O)c1ccc([N+](=O)[O-])cc1Cl. The molecule has 1 aromatic heterocycles. The molecule has 0 saturated heterocycles. The van der Waals surface area contributed by atoms with E-state index in [1.165, 1.54) is 17.0 Å². The zero-order valence-corrected chi connectivity index (χ0v) is 22.6. The van der Waals surface area contributed by atoms with Gasteiger partial charge in [0.2, 0.25) is 5.91 Å². The van der Waals surface area contributed by atoms with Gasteiger partial charge in [-0.25, -0.2) is 0 Å². The third kappa shape index (κ3) is 7.33. The molecule has 2 amide bonds. The lowest BCUT2D eigenvalue weighted by Gasteiger charge is -2.29. The van der Waals surface area contributed by atoms with Crippen LogP contribution in [0.3, 0.4) is 0 Å². The van der Waals surface area contributed by atoms with Crippen LogP contribution >= 0.6 is 23.2 Å². The number of carbonyl (C=O) groups excluding carboxylic acids is 2. The summed E-state index contributed by atoms with van der Waals surface area (Å²) in [5, 5.41) is 11.7. The molecular formula is C27H30Cl2N4O4. The molecule has 37 heavy (non-hydrogen) atoms. The Bertz CT molecular complexity index is 1270. The Morgan fingerprint density at radius 1 is 1.03 bits per heavy atom. The molecule has 0 aliphatic rings. The molecule has 3 rings (SSSR count). The summed E-state index contributed by atoms with van der Waals surface area (Å²) in [4.78, 5) is 40.2. The van der Waals surface area contributed by atoms with E-state index in [2.05, 4.69) is 4.57 Å². The highest BCUT2D eigenvalue weighted by atomic mass is 35.5. The topological polar surface area (TPSA) is 88.7 Å². The minimum absolute atomic E-state index is 0.0264. The maximum absolute atomic E-state index is 13.4. The summed E-state index contributed by atoms with van der Waals surface area (Å²) in [6, 6.07) is 15.2. The lowest BCUT2D eigenvalue weighted by Crippen LogP contribution is -2.44. The summed E-state index contributed by atoms with van der Waals surface area (Å²) in [6.45, 7) is 7.43. The molecule has 0 bridgehead atoms. The Balaban J connectivity index is 1.77. The van der Waals surface area contributed by atoms with Gasteiger partial charge in [0.25, 0.3) is 11.6 Å². The number of carbonyl (C=O) groups is 2. The van der Waals surface area contributed by atoms with E-state index in [9.17, 15) is 19.7 Å². The molecule has 0 spiro atoms. The van der Waals surface area contributed by atoms with Crippen molar-refractivity contribution in [1.29, 1.82) is 0 Å². The fourth-order valence-corrected chi connectivity index (χ4v) is 4.45. The number of nitrogens with zero attached hydrogens (tertiary/aromatic N) is 4. The van der Waals surface area contributed by atoms with E-state index >= 15 is 0 Å². The molecule has 196 valence electrons. The molecule has 0 atom stereocenters. The van der Waals surface area contributed by atoms with Crippen molar-refractivity contribution in [3.63, 3.8) is 0 Å². The molecule has 3 aromatic rings. The highest BCUT2D eigenvalue weighted by Gasteiger charge is 2.25. The van der Waals surface area contributed by atoms with E-state index in [-0.39, 0.29) is 41.2 Å². The van der Waals surface area contributed by atoms with Gasteiger partial charge in [-0.2, -0.15) is 0 Å². The monoisotopic (exact) mass is 544 g/mol. The molecule has 0 fully saturated rings. The average Bonchev–Trinajstić information content (AvgIpc) is 3.29. The molecule has 0 saturated carbocycles. The molecule has 0 unspecified atom stereocenters. The van der Waals surface area contributed by atoms with Crippen LogP contribution in [0, 0.1) is 16.0 Å². The summed E-state index contributed by atoms with van der Waals surface area (Å²) in [6.07, 6.45) is 1.95. The van der Waals surface area contributed by atoms with Crippen LogP contribution in [0.1, 0.15) is 42.4 Å². The first-order valence-corrected chi connectivity index (χ1v) is 12.7. The average molecular weight is 545 g/mol. The number of likely N-dealkylation sites (N-methyl/N-ethyl adjacent to an activating group) is 1. The number of rotatable bonds is 11. The highest BCUT2D eigenvalue weighted by molar-refractivity contribution is 6.34. The van der Waals surface area contributed by atoms with Gasteiger partial charge in [-0.15, -0.1) is 0 Å². The van der Waals surface area contributed by atoms with Crippen molar-refractivity contribution in [3.05, 3.63) is 97.8 Å². The Hall–Kier alpha value is -3.36. The summed E-state index contributed by atoms with van der Waals surface area (Å²) in [5.41, 5.74) is 1.84. The van der Waals surface area contributed by atoms with Gasteiger partial charge in [0, 0.05) is 48.7 Å². The number of hydrogen-bond acceptors (Lipinski definition) is 4. The molecule has 10 heteroatoms. The number of halogens is 2. The summed E-state index contributed by atoms with van der Waals surface area (Å²) >= 11 is 12.5. The van der Waals surface area contributed by atoms with E-state index in [1.54, 1.807) is 11.8 Å². The maximum atomic E-state index is 13.4. The summed E-state index contributed by atoms with van der Waals surface area (Å²) in [5.74, 6) is -0.444. The van der Waals surface area contributed by atoms with Crippen LogP contribution in [0.15, 0.2) is 60.8 Å². The number of nitro benzene ring substituents is 1. The standard InChI is InChI=1S/C27H30Cl2N4O4/c1-4-30(27(35)23-12-11-21(33(36)37)14-25(23)29)18-26(34)32(15-19(2)3)17-22-9-7-13-31(22)16-20-8-5-6-10-24(20)28/h5-14,19H,4,15-18H2,1-3H3. The van der Waals surface area contributed by atoms with E-state index in [0.29, 0.717) is 24.7 Å². The van der Waals surface area contributed by atoms with Crippen molar-refractivity contribution in [2.75, 3.05) is 19.6 Å². The first kappa shape index (κ1) is 28.2. The van der Waals surface area contributed by atoms with Gasteiger partial charge in [-0.05, 0) is 42.7 Å². The van der Waals surface area contributed by atoms with E-state index < -0.39 is 10.8 Å². The van der Waals surface area contributed by atoms with Crippen LogP contribution in [0.4, 0.5) is 5.69 Å². The van der Waals surface area contributed by atoms with Gasteiger partial charge in [0.05, 0.1) is 22.1 Å². The Kier molecular flexibility index (Phi) is 9.72. The van der Waals surface area contributed by atoms with E-state index in [4.69, 9.17) is 23.2 Å². The van der Waals surface area contributed by atoms with Crippen molar-refractivity contribution in [3.8, 4) is 0 Å². The smallest absolute Gasteiger partial charge is 0.270 e. The van der Waals surface area contributed by atoms with Crippen molar-refractivity contribution in [2.45, 2.75) is 33.9 Å². The molecule has 0 aliphatic heterocycles. The predicted octanol–water partition coefficient (Wildman–Crippen LogP) is 5.90. The first-order valence-electron chi connectivity index (χ1n) is 12.0.